The smallest absolute Gasteiger partial charge is 0.416 e. The standard InChI is InChI=1S/C23H24ClF3N2O2/c1-2-17(21(30)29-20-6-4-16(24)12-28-20)14-7-9-22(10-8-14)13-31-19-11-15(23(25,26)27)3-5-18(19)22/h3-6,11-12,14,17H,2,7-10,13H2,1H3,(H,28,29,30)/t14-,17-,22+/m0/s1. The van der Waals surface area contributed by atoms with Crippen molar-refractivity contribution in [1.82, 2.24) is 4.98 Å². The molecule has 1 aromatic heterocycles. The molecular formula is C23H24ClF3N2O2. The van der Waals surface area contributed by atoms with Crippen LogP contribution in [0.2, 0.25) is 5.02 Å². The van der Waals surface area contributed by atoms with Crippen molar-refractivity contribution in [3.05, 3.63) is 52.7 Å². The molecule has 166 valence electrons. The lowest BCUT2D eigenvalue weighted by Gasteiger charge is -2.38. The maximum atomic E-state index is 13.0. The Kier molecular flexibility index (Phi) is 5.90. The Morgan fingerprint density at radius 2 is 2.03 bits per heavy atom. The van der Waals surface area contributed by atoms with Crippen LogP contribution in [-0.2, 0) is 16.4 Å². The molecule has 1 amide bonds. The van der Waals surface area contributed by atoms with Gasteiger partial charge in [0.25, 0.3) is 0 Å². The summed E-state index contributed by atoms with van der Waals surface area (Å²) in [5, 5.41) is 3.38. The number of nitrogens with one attached hydrogen (secondary N) is 1. The van der Waals surface area contributed by atoms with Gasteiger partial charge in [-0.2, -0.15) is 13.2 Å². The Morgan fingerprint density at radius 1 is 1.29 bits per heavy atom. The monoisotopic (exact) mass is 452 g/mol. The van der Waals surface area contributed by atoms with Crippen molar-refractivity contribution in [2.45, 2.75) is 50.6 Å². The summed E-state index contributed by atoms with van der Waals surface area (Å²) in [5.41, 5.74) is -0.0834. The number of alkyl halides is 3. The molecule has 0 bridgehead atoms. The van der Waals surface area contributed by atoms with E-state index in [2.05, 4.69) is 10.3 Å². The van der Waals surface area contributed by atoms with Crippen LogP contribution in [0.25, 0.3) is 0 Å². The quantitative estimate of drug-likeness (QED) is 0.597. The summed E-state index contributed by atoms with van der Waals surface area (Å²) in [7, 11) is 0. The van der Waals surface area contributed by atoms with E-state index in [1.807, 2.05) is 6.92 Å². The van der Waals surface area contributed by atoms with Crippen molar-refractivity contribution in [1.29, 1.82) is 0 Å². The van der Waals surface area contributed by atoms with Crippen LogP contribution in [0.15, 0.2) is 36.5 Å². The van der Waals surface area contributed by atoms with Crippen molar-refractivity contribution in [3.63, 3.8) is 0 Å². The van der Waals surface area contributed by atoms with Gasteiger partial charge in [-0.05, 0) is 62.3 Å². The van der Waals surface area contributed by atoms with E-state index >= 15 is 0 Å². The molecule has 2 aromatic rings. The van der Waals surface area contributed by atoms with E-state index < -0.39 is 11.7 Å². The predicted molar refractivity (Wildman–Crippen MR) is 112 cm³/mol. The minimum absolute atomic E-state index is 0.0591. The number of halogens is 4. The van der Waals surface area contributed by atoms with Gasteiger partial charge in [-0.25, -0.2) is 4.98 Å². The van der Waals surface area contributed by atoms with E-state index in [1.54, 1.807) is 18.2 Å². The molecule has 2 aliphatic rings. The van der Waals surface area contributed by atoms with E-state index in [0.29, 0.717) is 29.6 Å². The number of carbonyl (C=O) groups is 1. The third kappa shape index (κ3) is 4.38. The van der Waals surface area contributed by atoms with Gasteiger partial charge in [0.15, 0.2) is 0 Å². The first-order valence-electron chi connectivity index (χ1n) is 10.5. The first-order chi connectivity index (χ1) is 14.7. The number of pyridine rings is 1. The molecule has 1 spiro atoms. The molecule has 0 saturated heterocycles. The van der Waals surface area contributed by atoms with Crippen LogP contribution >= 0.6 is 11.6 Å². The number of ether oxygens (including phenoxy) is 1. The number of fused-ring (bicyclic) bond motifs is 2. The van der Waals surface area contributed by atoms with Crippen LogP contribution in [-0.4, -0.2) is 17.5 Å². The first kappa shape index (κ1) is 21.9. The highest BCUT2D eigenvalue weighted by atomic mass is 35.5. The van der Waals surface area contributed by atoms with E-state index in [0.717, 1.165) is 43.4 Å². The molecule has 8 heteroatoms. The van der Waals surface area contributed by atoms with Crippen molar-refractivity contribution in [3.8, 4) is 5.75 Å². The second kappa shape index (κ2) is 8.34. The second-order valence-electron chi connectivity index (χ2n) is 8.48. The third-order valence-electron chi connectivity index (χ3n) is 6.70. The van der Waals surface area contributed by atoms with Crippen LogP contribution in [0.4, 0.5) is 19.0 Å². The SMILES string of the molecule is CC[C@H](C(=O)Nc1ccc(Cl)cn1)[C@H]1CC[C@@]2(CC1)COc1cc(C(F)(F)F)ccc12. The summed E-state index contributed by atoms with van der Waals surface area (Å²) in [5.74, 6) is 0.812. The number of hydrogen-bond donors (Lipinski definition) is 1. The van der Waals surface area contributed by atoms with E-state index in [9.17, 15) is 18.0 Å². The maximum Gasteiger partial charge on any atom is 0.416 e. The van der Waals surface area contributed by atoms with E-state index in [1.165, 1.54) is 6.20 Å². The van der Waals surface area contributed by atoms with Gasteiger partial charge in [0.2, 0.25) is 5.91 Å². The normalized spacial score (nSPS) is 23.8. The fourth-order valence-electron chi connectivity index (χ4n) is 4.96. The Bertz CT molecular complexity index is 954. The molecule has 1 aromatic carbocycles. The fraction of sp³-hybridized carbons (Fsp3) is 0.478. The molecule has 1 N–H and O–H groups in total. The Balaban J connectivity index is 1.43. The number of nitrogens with zero attached hydrogens (tertiary/aromatic N) is 1. The Morgan fingerprint density at radius 3 is 2.65 bits per heavy atom. The molecule has 4 rings (SSSR count). The van der Waals surface area contributed by atoms with Gasteiger partial charge in [-0.15, -0.1) is 0 Å². The lowest BCUT2D eigenvalue weighted by atomic mass is 9.65. The number of anilines is 1. The number of hydrogen-bond acceptors (Lipinski definition) is 3. The molecular weight excluding hydrogens is 429 g/mol. The van der Waals surface area contributed by atoms with Crippen molar-refractivity contribution < 1.29 is 22.7 Å². The zero-order valence-electron chi connectivity index (χ0n) is 17.1. The zero-order chi connectivity index (χ0) is 22.2. The Labute approximate surface area is 184 Å². The van der Waals surface area contributed by atoms with Crippen LogP contribution in [0.1, 0.15) is 50.2 Å². The molecule has 1 aliphatic carbocycles. The highest BCUT2D eigenvalue weighted by Crippen LogP contribution is 2.51. The van der Waals surface area contributed by atoms with Gasteiger partial charge in [-0.1, -0.05) is 24.6 Å². The topological polar surface area (TPSA) is 51.2 Å². The molecule has 2 heterocycles. The second-order valence-corrected chi connectivity index (χ2v) is 8.92. The zero-order valence-corrected chi connectivity index (χ0v) is 17.9. The number of rotatable bonds is 4. The van der Waals surface area contributed by atoms with E-state index in [4.69, 9.17) is 16.3 Å². The largest absolute Gasteiger partial charge is 0.492 e. The van der Waals surface area contributed by atoms with Crippen molar-refractivity contribution in [2.75, 3.05) is 11.9 Å². The van der Waals surface area contributed by atoms with E-state index in [-0.39, 0.29) is 23.2 Å². The summed E-state index contributed by atoms with van der Waals surface area (Å²) in [6, 6.07) is 7.17. The summed E-state index contributed by atoms with van der Waals surface area (Å²) in [6.45, 7) is 2.39. The molecule has 4 nitrogen and oxygen atoms in total. The minimum Gasteiger partial charge on any atom is -0.492 e. The molecule has 1 saturated carbocycles. The lowest BCUT2D eigenvalue weighted by Crippen LogP contribution is -2.38. The van der Waals surface area contributed by atoms with Gasteiger partial charge < -0.3 is 10.1 Å². The molecule has 1 atom stereocenters. The van der Waals surface area contributed by atoms with Crippen LogP contribution in [0.3, 0.4) is 0 Å². The summed E-state index contributed by atoms with van der Waals surface area (Å²) >= 11 is 5.84. The lowest BCUT2D eigenvalue weighted by molar-refractivity contribution is -0.137. The highest BCUT2D eigenvalue weighted by molar-refractivity contribution is 6.30. The number of carbonyl (C=O) groups excluding carboxylic acids is 1. The molecule has 1 fully saturated rings. The highest BCUT2D eigenvalue weighted by Gasteiger charge is 2.46. The molecule has 0 unspecified atom stereocenters. The summed E-state index contributed by atoms with van der Waals surface area (Å²) in [6.07, 6.45) is 1.04. The fourth-order valence-corrected chi connectivity index (χ4v) is 5.07. The minimum atomic E-state index is -4.38. The number of amides is 1. The average Bonchev–Trinajstić information content (AvgIpc) is 3.09. The maximum absolute atomic E-state index is 13.0. The molecule has 0 radical (unpaired) electrons. The summed E-state index contributed by atoms with van der Waals surface area (Å²) < 4.78 is 44.7. The number of aromatic nitrogens is 1. The van der Waals surface area contributed by atoms with Crippen LogP contribution in [0.5, 0.6) is 5.75 Å². The van der Waals surface area contributed by atoms with Crippen LogP contribution in [0, 0.1) is 11.8 Å². The third-order valence-corrected chi connectivity index (χ3v) is 6.92. The van der Waals surface area contributed by atoms with Gasteiger partial charge in [0.05, 0.1) is 17.2 Å². The number of benzene rings is 1. The predicted octanol–water partition coefficient (Wildman–Crippen LogP) is 6.24. The van der Waals surface area contributed by atoms with Gasteiger partial charge in [-0.3, -0.25) is 4.79 Å². The average molecular weight is 453 g/mol. The van der Waals surface area contributed by atoms with Crippen molar-refractivity contribution >= 4 is 23.3 Å². The van der Waals surface area contributed by atoms with Gasteiger partial charge in [0.1, 0.15) is 11.6 Å². The molecule has 1 aliphatic heterocycles. The van der Waals surface area contributed by atoms with Crippen LogP contribution < -0.4 is 10.1 Å². The molecule has 31 heavy (non-hydrogen) atoms. The first-order valence-corrected chi connectivity index (χ1v) is 10.9. The Hall–Kier alpha value is -2.28. The van der Waals surface area contributed by atoms with Crippen molar-refractivity contribution in [2.24, 2.45) is 11.8 Å². The van der Waals surface area contributed by atoms with Gasteiger partial charge in [0, 0.05) is 23.1 Å². The van der Waals surface area contributed by atoms with Gasteiger partial charge >= 0.3 is 6.18 Å². The summed E-state index contributed by atoms with van der Waals surface area (Å²) in [4.78, 5) is 17.0.